The molecule has 6 heteroatoms. The van der Waals surface area contributed by atoms with E-state index in [1.165, 1.54) is 0 Å². The molecule has 0 aliphatic carbocycles. The Labute approximate surface area is 143 Å². The number of nitrogens with zero attached hydrogens (tertiary/aromatic N) is 4. The van der Waals surface area contributed by atoms with Crippen LogP contribution in [-0.2, 0) is 11.3 Å². The molecule has 0 saturated carbocycles. The molecule has 0 aliphatic heterocycles. The zero-order valence-electron chi connectivity index (χ0n) is 13.2. The normalized spacial score (nSPS) is 11.2. The first-order chi connectivity index (χ1) is 11.9. The summed E-state index contributed by atoms with van der Waals surface area (Å²) in [6.45, 7) is 1.37. The Morgan fingerprint density at radius 2 is 1.92 bits per heavy atom. The third kappa shape index (κ3) is 2.70. The van der Waals surface area contributed by atoms with Crippen LogP contribution in [0.2, 0.25) is 0 Å². The minimum absolute atomic E-state index is 0.630. The summed E-state index contributed by atoms with van der Waals surface area (Å²) in [5.74, 6) is 0.867. The van der Waals surface area contributed by atoms with Crippen LogP contribution in [0.4, 0.5) is 0 Å². The standard InChI is InChI=1S/C18H16N4OS/c1-23-11-10-22-16-8-3-2-6-13(16)20-17(22)15-12-24-18(21-15)14-7-4-5-9-19-14/h2-9,12H,10-11H2,1H3. The average Bonchev–Trinajstić information content (AvgIpc) is 3.25. The number of benzene rings is 1. The van der Waals surface area contributed by atoms with Gasteiger partial charge in [-0.15, -0.1) is 11.3 Å². The van der Waals surface area contributed by atoms with Gasteiger partial charge in [-0.2, -0.15) is 0 Å². The van der Waals surface area contributed by atoms with Crippen molar-refractivity contribution in [3.63, 3.8) is 0 Å². The first-order valence-corrected chi connectivity index (χ1v) is 8.56. The second-order valence-corrected chi connectivity index (χ2v) is 6.18. The van der Waals surface area contributed by atoms with Gasteiger partial charge in [-0.05, 0) is 24.3 Å². The number of para-hydroxylation sites is 2. The fraction of sp³-hybridized carbons (Fsp3) is 0.167. The molecule has 0 N–H and O–H groups in total. The van der Waals surface area contributed by atoms with Crippen molar-refractivity contribution in [3.8, 4) is 22.2 Å². The molecule has 0 amide bonds. The second-order valence-electron chi connectivity index (χ2n) is 5.32. The van der Waals surface area contributed by atoms with Gasteiger partial charge in [0.05, 0.1) is 23.3 Å². The molecule has 24 heavy (non-hydrogen) atoms. The Morgan fingerprint density at radius 1 is 1.04 bits per heavy atom. The smallest absolute Gasteiger partial charge is 0.160 e. The Bertz CT molecular complexity index is 961. The number of pyridine rings is 1. The highest BCUT2D eigenvalue weighted by atomic mass is 32.1. The van der Waals surface area contributed by atoms with Crippen molar-refractivity contribution in [3.05, 3.63) is 54.0 Å². The number of fused-ring (bicyclic) bond motifs is 1. The Hall–Kier alpha value is -2.57. The quantitative estimate of drug-likeness (QED) is 0.555. The van der Waals surface area contributed by atoms with Gasteiger partial charge in [-0.1, -0.05) is 18.2 Å². The summed E-state index contributed by atoms with van der Waals surface area (Å²) in [5.41, 5.74) is 3.81. The van der Waals surface area contributed by atoms with Crippen molar-refractivity contribution < 1.29 is 4.74 Å². The monoisotopic (exact) mass is 336 g/mol. The van der Waals surface area contributed by atoms with Crippen LogP contribution in [-0.4, -0.2) is 33.2 Å². The van der Waals surface area contributed by atoms with Gasteiger partial charge in [0, 0.05) is 25.2 Å². The van der Waals surface area contributed by atoms with Crippen LogP contribution in [0.25, 0.3) is 33.3 Å². The van der Waals surface area contributed by atoms with Gasteiger partial charge in [0.2, 0.25) is 0 Å². The van der Waals surface area contributed by atoms with Gasteiger partial charge in [0.1, 0.15) is 10.7 Å². The minimum Gasteiger partial charge on any atom is -0.383 e. The summed E-state index contributed by atoms with van der Waals surface area (Å²) in [4.78, 5) is 13.9. The topological polar surface area (TPSA) is 52.8 Å². The van der Waals surface area contributed by atoms with E-state index >= 15 is 0 Å². The van der Waals surface area contributed by atoms with Gasteiger partial charge in [0.15, 0.2) is 5.82 Å². The van der Waals surface area contributed by atoms with Crippen molar-refractivity contribution in [1.29, 1.82) is 0 Å². The van der Waals surface area contributed by atoms with Crippen LogP contribution >= 0.6 is 11.3 Å². The number of rotatable bonds is 5. The van der Waals surface area contributed by atoms with E-state index in [0.717, 1.165) is 39.8 Å². The summed E-state index contributed by atoms with van der Waals surface area (Å²) < 4.78 is 7.42. The van der Waals surface area contributed by atoms with Crippen molar-refractivity contribution in [2.45, 2.75) is 6.54 Å². The van der Waals surface area contributed by atoms with Crippen molar-refractivity contribution in [2.75, 3.05) is 13.7 Å². The maximum absolute atomic E-state index is 5.25. The zero-order valence-corrected chi connectivity index (χ0v) is 14.0. The Balaban J connectivity index is 1.80. The van der Waals surface area contributed by atoms with Gasteiger partial charge >= 0.3 is 0 Å². The molecule has 120 valence electrons. The van der Waals surface area contributed by atoms with Gasteiger partial charge in [0.25, 0.3) is 0 Å². The second kappa shape index (κ2) is 6.51. The molecule has 0 spiro atoms. The molecule has 0 saturated heterocycles. The summed E-state index contributed by atoms with van der Waals surface area (Å²) in [6, 6.07) is 14.0. The molecule has 5 nitrogen and oxygen atoms in total. The first kappa shape index (κ1) is 15.0. The number of hydrogen-bond acceptors (Lipinski definition) is 5. The Kier molecular flexibility index (Phi) is 4.06. The highest BCUT2D eigenvalue weighted by molar-refractivity contribution is 7.13. The molecule has 1 aromatic carbocycles. The molecule has 0 atom stereocenters. The van der Waals surface area contributed by atoms with Crippen molar-refractivity contribution in [2.24, 2.45) is 0 Å². The van der Waals surface area contributed by atoms with E-state index in [1.807, 2.05) is 41.8 Å². The molecule has 0 unspecified atom stereocenters. The third-order valence-corrected chi connectivity index (χ3v) is 4.66. The van der Waals surface area contributed by atoms with E-state index in [0.29, 0.717) is 6.61 Å². The molecule has 3 heterocycles. The maximum Gasteiger partial charge on any atom is 0.160 e. The van der Waals surface area contributed by atoms with Gasteiger partial charge < -0.3 is 9.30 Å². The van der Waals surface area contributed by atoms with E-state index in [1.54, 1.807) is 24.6 Å². The molecule has 0 fully saturated rings. The van der Waals surface area contributed by atoms with Crippen LogP contribution in [0.5, 0.6) is 0 Å². The first-order valence-electron chi connectivity index (χ1n) is 7.68. The molecular formula is C18H16N4OS. The Morgan fingerprint density at radius 3 is 2.75 bits per heavy atom. The lowest BCUT2D eigenvalue weighted by atomic mass is 10.3. The maximum atomic E-state index is 5.25. The predicted molar refractivity (Wildman–Crippen MR) is 95.9 cm³/mol. The molecule has 0 bridgehead atoms. The molecule has 0 aliphatic rings. The number of ether oxygens (including phenoxy) is 1. The molecular weight excluding hydrogens is 320 g/mol. The largest absolute Gasteiger partial charge is 0.383 e. The number of aromatic nitrogens is 4. The molecule has 0 radical (unpaired) electrons. The van der Waals surface area contributed by atoms with Crippen molar-refractivity contribution in [1.82, 2.24) is 19.5 Å². The third-order valence-electron chi connectivity index (χ3n) is 3.79. The van der Waals surface area contributed by atoms with E-state index < -0.39 is 0 Å². The van der Waals surface area contributed by atoms with E-state index in [2.05, 4.69) is 15.6 Å². The summed E-state index contributed by atoms with van der Waals surface area (Å²) >= 11 is 1.58. The van der Waals surface area contributed by atoms with E-state index in [9.17, 15) is 0 Å². The number of hydrogen-bond donors (Lipinski definition) is 0. The van der Waals surface area contributed by atoms with Gasteiger partial charge in [-0.3, -0.25) is 4.98 Å². The van der Waals surface area contributed by atoms with Crippen LogP contribution in [0, 0.1) is 0 Å². The predicted octanol–water partition coefficient (Wildman–Crippen LogP) is 3.87. The molecule has 4 rings (SSSR count). The van der Waals surface area contributed by atoms with Crippen LogP contribution in [0.3, 0.4) is 0 Å². The molecule has 4 aromatic rings. The minimum atomic E-state index is 0.630. The highest BCUT2D eigenvalue weighted by Crippen LogP contribution is 2.29. The fourth-order valence-electron chi connectivity index (χ4n) is 2.66. The van der Waals surface area contributed by atoms with Crippen LogP contribution in [0.1, 0.15) is 0 Å². The number of methoxy groups -OCH3 is 1. The summed E-state index contributed by atoms with van der Waals surface area (Å²) in [7, 11) is 1.71. The zero-order chi connectivity index (χ0) is 16.4. The van der Waals surface area contributed by atoms with E-state index in [4.69, 9.17) is 14.7 Å². The van der Waals surface area contributed by atoms with Crippen LogP contribution in [0.15, 0.2) is 54.0 Å². The number of imidazole rings is 1. The summed E-state index contributed by atoms with van der Waals surface area (Å²) in [5, 5.41) is 2.94. The lowest BCUT2D eigenvalue weighted by molar-refractivity contribution is 0.188. The van der Waals surface area contributed by atoms with Gasteiger partial charge in [-0.25, -0.2) is 9.97 Å². The van der Waals surface area contributed by atoms with E-state index in [-0.39, 0.29) is 0 Å². The fourth-order valence-corrected chi connectivity index (χ4v) is 3.44. The lowest BCUT2D eigenvalue weighted by Gasteiger charge is -2.06. The lowest BCUT2D eigenvalue weighted by Crippen LogP contribution is -2.06. The number of thiazole rings is 1. The van der Waals surface area contributed by atoms with Crippen molar-refractivity contribution >= 4 is 22.4 Å². The highest BCUT2D eigenvalue weighted by Gasteiger charge is 2.15. The molecule has 3 aromatic heterocycles. The SMILES string of the molecule is COCCn1c(-c2csc(-c3ccccn3)n2)nc2ccccc21. The average molecular weight is 336 g/mol. The van der Waals surface area contributed by atoms with Crippen LogP contribution < -0.4 is 0 Å². The summed E-state index contributed by atoms with van der Waals surface area (Å²) in [6.07, 6.45) is 1.78.